The molecule has 0 saturated heterocycles. The van der Waals surface area contributed by atoms with Gasteiger partial charge in [-0.2, -0.15) is 0 Å². The molecule has 3 aromatic carbocycles. The third-order valence-electron chi connectivity index (χ3n) is 7.11. The van der Waals surface area contributed by atoms with Gasteiger partial charge in [0.15, 0.2) is 0 Å². The average molecular weight is 613 g/mol. The zero-order valence-electron chi connectivity index (χ0n) is 26.7. The Balaban J connectivity index is 0.000000329. The molecule has 0 aliphatic carbocycles. The molecule has 0 atom stereocenters. The molecule has 0 saturated carbocycles. The molecule has 0 amide bonds. The molecule has 44 heavy (non-hydrogen) atoms. The smallest absolute Gasteiger partial charge is 0.124 e. The number of nitrogens with zero attached hydrogens (tertiary/aromatic N) is 1. The summed E-state index contributed by atoms with van der Waals surface area (Å²) in [6.07, 6.45) is 0. The summed E-state index contributed by atoms with van der Waals surface area (Å²) in [7, 11) is 0. The summed E-state index contributed by atoms with van der Waals surface area (Å²) < 4.78 is 0. The summed E-state index contributed by atoms with van der Waals surface area (Å²) in [5.74, 6) is 0.906. The Kier molecular flexibility index (Phi) is 16.8. The first kappa shape index (κ1) is 37.0. The summed E-state index contributed by atoms with van der Waals surface area (Å²) in [5.41, 5.74) is 7.59. The Hall–Kier alpha value is -3.22. The van der Waals surface area contributed by atoms with E-state index >= 15 is 0 Å². The topological polar surface area (TPSA) is 161 Å². The molecule has 244 valence electrons. The summed E-state index contributed by atoms with van der Waals surface area (Å²) in [6, 6.07) is 13.4. The Morgan fingerprint density at radius 2 is 1.07 bits per heavy atom. The van der Waals surface area contributed by atoms with E-state index in [0.717, 1.165) is 57.6 Å². The van der Waals surface area contributed by atoms with Crippen LogP contribution in [0.4, 0.5) is 0 Å². The summed E-state index contributed by atoms with van der Waals surface area (Å²) in [4.78, 5) is 2.11. The summed E-state index contributed by atoms with van der Waals surface area (Å²) in [5, 5.41) is 66.5. The first-order valence-corrected chi connectivity index (χ1v) is 15.2. The van der Waals surface area contributed by atoms with Crippen LogP contribution in [0.5, 0.6) is 17.2 Å². The zero-order valence-corrected chi connectivity index (χ0v) is 26.7. The molecular weight excluding hydrogens is 560 g/mol. The molecular formula is C34H52N4O6. The number of hydrogen-bond acceptors (Lipinski definition) is 10. The van der Waals surface area contributed by atoms with Crippen LogP contribution in [-0.4, -0.2) is 88.1 Å². The van der Waals surface area contributed by atoms with Crippen molar-refractivity contribution in [1.82, 2.24) is 20.9 Å². The maximum Gasteiger partial charge on any atom is 0.124 e. The SMILES string of the molecule is Cc1cc(CNCCO)c(O)c(CNCCO)c1.Cc1ccc(O)c(CNCCN(CCO)Cc2cc(C)cc(C)c2O)c1. The second-order valence-corrected chi connectivity index (χ2v) is 11.1. The Labute approximate surface area is 262 Å². The molecule has 0 radical (unpaired) electrons. The molecule has 0 aliphatic rings. The van der Waals surface area contributed by atoms with E-state index in [1.807, 2.05) is 64.1 Å². The number of aliphatic hydroxyl groups is 3. The van der Waals surface area contributed by atoms with Gasteiger partial charge in [-0.3, -0.25) is 4.90 Å². The largest absolute Gasteiger partial charge is 0.508 e. The highest BCUT2D eigenvalue weighted by Gasteiger charge is 2.12. The average Bonchev–Trinajstić information content (AvgIpc) is 2.98. The van der Waals surface area contributed by atoms with Crippen molar-refractivity contribution in [2.75, 3.05) is 52.5 Å². The van der Waals surface area contributed by atoms with Gasteiger partial charge in [-0.05, 0) is 39.3 Å². The van der Waals surface area contributed by atoms with E-state index in [4.69, 9.17) is 10.2 Å². The first-order valence-electron chi connectivity index (χ1n) is 15.2. The van der Waals surface area contributed by atoms with E-state index in [9.17, 15) is 20.4 Å². The Bertz CT molecular complexity index is 1260. The minimum Gasteiger partial charge on any atom is -0.508 e. The Morgan fingerprint density at radius 1 is 0.545 bits per heavy atom. The third-order valence-corrected chi connectivity index (χ3v) is 7.11. The van der Waals surface area contributed by atoms with Crippen molar-refractivity contribution in [3.05, 3.63) is 87.0 Å². The molecule has 0 heterocycles. The van der Waals surface area contributed by atoms with Crippen molar-refractivity contribution in [3.8, 4) is 17.2 Å². The lowest BCUT2D eigenvalue weighted by Crippen LogP contribution is -2.33. The van der Waals surface area contributed by atoms with Crippen LogP contribution < -0.4 is 16.0 Å². The minimum absolute atomic E-state index is 0.0736. The normalized spacial score (nSPS) is 11.1. The molecule has 3 rings (SSSR count). The van der Waals surface area contributed by atoms with Crippen LogP contribution in [0.2, 0.25) is 0 Å². The van der Waals surface area contributed by atoms with Crippen molar-refractivity contribution in [3.63, 3.8) is 0 Å². The standard InChI is InChI=1S/C21H30N2O3.C13H22N2O3/c1-15-4-5-20(25)18(11-15)13-22-6-7-23(8-9-24)14-19-12-16(2)10-17(3)21(19)26;1-10-6-11(8-14-2-4-16)13(18)12(7-10)9-15-3-5-17/h4-5,10-12,22,24-26H,6-9,13-14H2,1-3H3;6-7,14-18H,2-5,8-9H2,1H3. The van der Waals surface area contributed by atoms with Gasteiger partial charge in [-0.25, -0.2) is 0 Å². The zero-order chi connectivity index (χ0) is 32.5. The van der Waals surface area contributed by atoms with Crippen LogP contribution in [0, 0.1) is 27.7 Å². The molecule has 0 fully saturated rings. The molecule has 9 N–H and O–H groups in total. The van der Waals surface area contributed by atoms with Crippen LogP contribution in [0.25, 0.3) is 0 Å². The van der Waals surface area contributed by atoms with E-state index < -0.39 is 0 Å². The van der Waals surface area contributed by atoms with Crippen molar-refractivity contribution in [1.29, 1.82) is 0 Å². The maximum atomic E-state index is 10.3. The van der Waals surface area contributed by atoms with Gasteiger partial charge in [-0.15, -0.1) is 0 Å². The van der Waals surface area contributed by atoms with Gasteiger partial charge < -0.3 is 46.6 Å². The van der Waals surface area contributed by atoms with Crippen LogP contribution in [0.1, 0.15) is 44.5 Å². The van der Waals surface area contributed by atoms with E-state index in [2.05, 4.69) is 20.9 Å². The fraction of sp³-hybridized carbons (Fsp3) is 0.471. The molecule has 0 aliphatic heterocycles. The van der Waals surface area contributed by atoms with Crippen molar-refractivity contribution in [2.45, 2.75) is 53.9 Å². The minimum atomic E-state index is 0.0736. The molecule has 10 nitrogen and oxygen atoms in total. The maximum absolute atomic E-state index is 10.3. The number of hydrogen-bond donors (Lipinski definition) is 9. The third kappa shape index (κ3) is 12.8. The molecule has 0 unspecified atom stereocenters. The highest BCUT2D eigenvalue weighted by atomic mass is 16.3. The van der Waals surface area contributed by atoms with Gasteiger partial charge in [0.1, 0.15) is 17.2 Å². The molecule has 0 aromatic heterocycles. The molecule has 10 heteroatoms. The lowest BCUT2D eigenvalue weighted by atomic mass is 10.0. The number of phenols is 3. The number of phenolic OH excluding ortho intramolecular Hbond substituents is 3. The molecule has 3 aromatic rings. The van der Waals surface area contributed by atoms with Gasteiger partial charge >= 0.3 is 0 Å². The summed E-state index contributed by atoms with van der Waals surface area (Å²) in [6.45, 7) is 13.4. The highest BCUT2D eigenvalue weighted by Crippen LogP contribution is 2.26. The van der Waals surface area contributed by atoms with Crippen LogP contribution in [0.15, 0.2) is 42.5 Å². The molecule has 0 spiro atoms. The number of aryl methyl sites for hydroxylation is 4. The number of aliphatic hydroxyl groups excluding tert-OH is 3. The van der Waals surface area contributed by atoms with Gasteiger partial charge in [0.25, 0.3) is 0 Å². The fourth-order valence-electron chi connectivity index (χ4n) is 4.94. The van der Waals surface area contributed by atoms with Crippen molar-refractivity contribution < 1.29 is 30.6 Å². The van der Waals surface area contributed by atoms with Gasteiger partial charge in [0, 0.05) is 81.2 Å². The van der Waals surface area contributed by atoms with Gasteiger partial charge in [-0.1, -0.05) is 53.1 Å². The second kappa shape index (κ2) is 19.9. The van der Waals surface area contributed by atoms with E-state index in [1.54, 1.807) is 6.07 Å². The number of nitrogens with one attached hydrogen (secondary N) is 3. The number of aromatic hydroxyl groups is 3. The second-order valence-electron chi connectivity index (χ2n) is 11.1. The first-order chi connectivity index (χ1) is 21.1. The monoisotopic (exact) mass is 612 g/mol. The van der Waals surface area contributed by atoms with E-state index in [1.165, 1.54) is 0 Å². The van der Waals surface area contributed by atoms with Crippen molar-refractivity contribution in [2.24, 2.45) is 0 Å². The lowest BCUT2D eigenvalue weighted by molar-refractivity contribution is 0.189. The predicted octanol–water partition coefficient (Wildman–Crippen LogP) is 2.47. The fourth-order valence-corrected chi connectivity index (χ4v) is 4.94. The van der Waals surface area contributed by atoms with Gasteiger partial charge in [0.05, 0.1) is 19.8 Å². The quantitative estimate of drug-likeness (QED) is 0.104. The van der Waals surface area contributed by atoms with Gasteiger partial charge in [0.2, 0.25) is 0 Å². The highest BCUT2D eigenvalue weighted by molar-refractivity contribution is 5.44. The van der Waals surface area contributed by atoms with Crippen LogP contribution in [0.3, 0.4) is 0 Å². The van der Waals surface area contributed by atoms with Crippen LogP contribution in [-0.2, 0) is 26.2 Å². The lowest BCUT2D eigenvalue weighted by Gasteiger charge is -2.23. The van der Waals surface area contributed by atoms with E-state index in [0.29, 0.717) is 57.3 Å². The van der Waals surface area contributed by atoms with E-state index in [-0.39, 0.29) is 25.6 Å². The van der Waals surface area contributed by atoms with Crippen molar-refractivity contribution >= 4 is 0 Å². The number of rotatable bonds is 17. The Morgan fingerprint density at radius 3 is 1.66 bits per heavy atom. The summed E-state index contributed by atoms with van der Waals surface area (Å²) >= 11 is 0. The van der Waals surface area contributed by atoms with Crippen LogP contribution >= 0.6 is 0 Å². The predicted molar refractivity (Wildman–Crippen MR) is 175 cm³/mol. The number of benzene rings is 3. The molecule has 0 bridgehead atoms.